The van der Waals surface area contributed by atoms with Crippen molar-refractivity contribution in [1.82, 2.24) is 0 Å². The Kier molecular flexibility index (Phi) is 7.52. The molecule has 0 N–H and O–H groups in total. The topological polar surface area (TPSA) is 0 Å². The van der Waals surface area contributed by atoms with Gasteiger partial charge in [0.2, 0.25) is 0 Å². The van der Waals surface area contributed by atoms with E-state index in [1.54, 1.807) is 0 Å². The fourth-order valence-electron chi connectivity index (χ4n) is 8.10. The lowest BCUT2D eigenvalue weighted by atomic mass is 9.80. The lowest BCUT2D eigenvalue weighted by Crippen LogP contribution is -2.14. The zero-order chi connectivity index (χ0) is 34.5. The molecule has 50 heavy (non-hydrogen) atoms. The molecule has 0 nitrogen and oxygen atoms in total. The molecule has 242 valence electrons. The standard InChI is InChI=1S/C45H27Cl5/c1-45(2)35-17-8-7-13-28(35)29-20-18-26(23-36(29)45)37-31-14-5-6-15-32(31)39(30-16-9-11-24-10-3-4-12-27(24)30)34-22-25(19-21-33(34)37)38-40(46)42(48)44(50)43(49)41(38)47/h3-23H,1-2H3. The third-order valence-electron chi connectivity index (χ3n) is 10.5. The Balaban J connectivity index is 1.42. The first-order chi connectivity index (χ1) is 24.2. The van der Waals surface area contributed by atoms with Crippen LogP contribution >= 0.6 is 58.0 Å². The number of benzene rings is 8. The van der Waals surface area contributed by atoms with Gasteiger partial charge in [0.05, 0.1) is 25.1 Å². The Morgan fingerprint density at radius 1 is 0.360 bits per heavy atom. The first-order valence-electron chi connectivity index (χ1n) is 16.4. The predicted molar refractivity (Wildman–Crippen MR) is 218 cm³/mol. The second-order valence-corrected chi connectivity index (χ2v) is 15.3. The molecule has 1 aliphatic carbocycles. The quantitative estimate of drug-likeness (QED) is 0.0960. The first kappa shape index (κ1) is 31.9. The van der Waals surface area contributed by atoms with E-state index in [1.807, 2.05) is 6.07 Å². The maximum atomic E-state index is 6.88. The molecular weight excluding hydrogens is 718 g/mol. The molecule has 0 bridgehead atoms. The molecule has 0 fully saturated rings. The Morgan fingerprint density at radius 2 is 0.880 bits per heavy atom. The van der Waals surface area contributed by atoms with Crippen molar-refractivity contribution in [3.8, 4) is 44.5 Å². The summed E-state index contributed by atoms with van der Waals surface area (Å²) in [6, 6.07) is 45.8. The average Bonchev–Trinajstić information content (AvgIpc) is 3.37. The molecule has 0 radical (unpaired) electrons. The van der Waals surface area contributed by atoms with E-state index < -0.39 is 0 Å². The maximum Gasteiger partial charge on any atom is 0.0809 e. The molecule has 8 aromatic rings. The van der Waals surface area contributed by atoms with E-state index in [4.69, 9.17) is 58.0 Å². The van der Waals surface area contributed by atoms with Crippen molar-refractivity contribution < 1.29 is 0 Å². The van der Waals surface area contributed by atoms with E-state index in [2.05, 4.69) is 135 Å². The summed E-state index contributed by atoms with van der Waals surface area (Å²) in [6.07, 6.45) is 0. The summed E-state index contributed by atoms with van der Waals surface area (Å²) in [7, 11) is 0. The van der Waals surface area contributed by atoms with Gasteiger partial charge >= 0.3 is 0 Å². The van der Waals surface area contributed by atoms with E-state index in [0.717, 1.165) is 38.4 Å². The van der Waals surface area contributed by atoms with E-state index in [0.29, 0.717) is 5.56 Å². The molecule has 0 amide bonds. The van der Waals surface area contributed by atoms with E-state index in [-0.39, 0.29) is 30.5 Å². The fourth-order valence-corrected chi connectivity index (χ4v) is 9.45. The Bertz CT molecular complexity index is 2710. The predicted octanol–water partition coefficient (Wildman–Crippen LogP) is 15.7. The van der Waals surface area contributed by atoms with Crippen LogP contribution in [0.2, 0.25) is 25.1 Å². The van der Waals surface area contributed by atoms with Crippen LogP contribution < -0.4 is 0 Å². The normalized spacial score (nSPS) is 13.3. The highest BCUT2D eigenvalue weighted by atomic mass is 35.5. The van der Waals surface area contributed by atoms with Gasteiger partial charge in [-0.15, -0.1) is 0 Å². The minimum atomic E-state index is -0.135. The van der Waals surface area contributed by atoms with Gasteiger partial charge in [0.15, 0.2) is 0 Å². The van der Waals surface area contributed by atoms with Gasteiger partial charge in [-0.3, -0.25) is 0 Å². The lowest BCUT2D eigenvalue weighted by molar-refractivity contribution is 0.660. The number of rotatable bonds is 3. The third kappa shape index (κ3) is 4.60. The van der Waals surface area contributed by atoms with Gasteiger partial charge in [-0.05, 0) is 94.5 Å². The van der Waals surface area contributed by atoms with E-state index in [9.17, 15) is 0 Å². The van der Waals surface area contributed by atoms with Gasteiger partial charge in [-0.25, -0.2) is 0 Å². The summed E-state index contributed by atoms with van der Waals surface area (Å²) < 4.78 is 0. The van der Waals surface area contributed by atoms with Crippen LogP contribution in [0.1, 0.15) is 25.0 Å². The largest absolute Gasteiger partial charge is 0.0819 e. The lowest BCUT2D eigenvalue weighted by Gasteiger charge is -2.23. The van der Waals surface area contributed by atoms with Crippen molar-refractivity contribution >= 4 is 90.3 Å². The zero-order valence-corrected chi connectivity index (χ0v) is 30.8. The van der Waals surface area contributed by atoms with Crippen LogP contribution in [0.3, 0.4) is 0 Å². The minimum absolute atomic E-state index is 0.135. The van der Waals surface area contributed by atoms with Crippen molar-refractivity contribution in [1.29, 1.82) is 0 Å². The monoisotopic (exact) mass is 742 g/mol. The summed E-state index contributed by atoms with van der Waals surface area (Å²) in [5.41, 5.74) is 11.1. The number of hydrogen-bond donors (Lipinski definition) is 0. The number of fused-ring (bicyclic) bond motifs is 6. The summed E-state index contributed by atoms with van der Waals surface area (Å²) in [5.74, 6) is 0. The molecule has 0 spiro atoms. The molecule has 8 aromatic carbocycles. The highest BCUT2D eigenvalue weighted by Crippen LogP contribution is 2.53. The van der Waals surface area contributed by atoms with Crippen LogP contribution in [0.25, 0.3) is 76.8 Å². The molecule has 0 saturated heterocycles. The molecule has 0 aromatic heterocycles. The molecule has 1 aliphatic rings. The van der Waals surface area contributed by atoms with Crippen molar-refractivity contribution in [3.63, 3.8) is 0 Å². The van der Waals surface area contributed by atoms with Crippen molar-refractivity contribution in [2.24, 2.45) is 0 Å². The third-order valence-corrected chi connectivity index (χ3v) is 12.7. The second kappa shape index (κ2) is 11.8. The average molecular weight is 745 g/mol. The molecular formula is C45H27Cl5. The Labute approximate surface area is 315 Å². The van der Waals surface area contributed by atoms with Crippen molar-refractivity contribution in [3.05, 3.63) is 164 Å². The van der Waals surface area contributed by atoms with Gasteiger partial charge in [0.25, 0.3) is 0 Å². The van der Waals surface area contributed by atoms with Crippen LogP contribution in [-0.4, -0.2) is 0 Å². The van der Waals surface area contributed by atoms with E-state index >= 15 is 0 Å². The highest BCUT2D eigenvalue weighted by molar-refractivity contribution is 6.56. The molecule has 0 saturated carbocycles. The molecule has 0 aliphatic heterocycles. The van der Waals surface area contributed by atoms with E-state index in [1.165, 1.54) is 44.0 Å². The Hall–Kier alpha value is -4.01. The van der Waals surface area contributed by atoms with Gasteiger partial charge in [0.1, 0.15) is 0 Å². The fraction of sp³-hybridized carbons (Fsp3) is 0.0667. The summed E-state index contributed by atoms with van der Waals surface area (Å²) in [5, 5.41) is 7.86. The van der Waals surface area contributed by atoms with Crippen molar-refractivity contribution in [2.45, 2.75) is 19.3 Å². The Morgan fingerprint density at radius 3 is 1.64 bits per heavy atom. The summed E-state index contributed by atoms with van der Waals surface area (Å²) >= 11 is 33.4. The molecule has 9 rings (SSSR count). The van der Waals surface area contributed by atoms with Crippen LogP contribution in [0.15, 0.2) is 127 Å². The maximum absolute atomic E-state index is 6.88. The number of hydrogen-bond acceptors (Lipinski definition) is 0. The number of halogens is 5. The second-order valence-electron chi connectivity index (χ2n) is 13.5. The van der Waals surface area contributed by atoms with Gasteiger partial charge in [0, 0.05) is 11.0 Å². The van der Waals surface area contributed by atoms with Crippen molar-refractivity contribution in [2.75, 3.05) is 0 Å². The summed E-state index contributed by atoms with van der Waals surface area (Å²) in [4.78, 5) is 0. The van der Waals surface area contributed by atoms with Crippen LogP contribution in [0.4, 0.5) is 0 Å². The molecule has 0 unspecified atom stereocenters. The molecule has 5 heteroatoms. The summed E-state index contributed by atoms with van der Waals surface area (Å²) in [6.45, 7) is 4.65. The van der Waals surface area contributed by atoms with Gasteiger partial charge in [-0.1, -0.05) is 187 Å². The van der Waals surface area contributed by atoms with Gasteiger partial charge < -0.3 is 0 Å². The highest BCUT2D eigenvalue weighted by Gasteiger charge is 2.35. The zero-order valence-electron chi connectivity index (χ0n) is 27.0. The first-order valence-corrected chi connectivity index (χ1v) is 18.3. The molecule has 0 heterocycles. The van der Waals surface area contributed by atoms with Crippen LogP contribution in [-0.2, 0) is 5.41 Å². The smallest absolute Gasteiger partial charge is 0.0809 e. The minimum Gasteiger partial charge on any atom is -0.0819 e. The molecule has 0 atom stereocenters. The SMILES string of the molecule is CC1(C)c2ccccc2-c2ccc(-c3c4ccccc4c(-c4cccc5ccccc45)c4cc(-c5c(Cl)c(Cl)c(Cl)c(Cl)c5Cl)ccc34)cc21. The van der Waals surface area contributed by atoms with Gasteiger partial charge in [-0.2, -0.15) is 0 Å². The van der Waals surface area contributed by atoms with Crippen LogP contribution in [0.5, 0.6) is 0 Å². The van der Waals surface area contributed by atoms with Crippen LogP contribution in [0, 0.1) is 0 Å².